The quantitative estimate of drug-likeness (QED) is 0.727. The molecule has 4 rings (SSSR count). The van der Waals surface area contributed by atoms with Crippen molar-refractivity contribution in [3.8, 4) is 16.3 Å². The summed E-state index contributed by atoms with van der Waals surface area (Å²) in [5, 5.41) is 9.88. The Bertz CT molecular complexity index is 977. The second-order valence-electron chi connectivity index (χ2n) is 5.70. The third kappa shape index (κ3) is 2.87. The Hall–Kier alpha value is -2.45. The number of carbonyl (C=O) groups is 1. The third-order valence-corrected chi connectivity index (χ3v) is 5.84. The average Bonchev–Trinajstić information content (AvgIpc) is 3.27. The van der Waals surface area contributed by atoms with Crippen LogP contribution in [0.2, 0.25) is 0 Å². The molecule has 1 aliphatic heterocycles. The topological polar surface area (TPSA) is 76.1 Å². The van der Waals surface area contributed by atoms with E-state index in [4.69, 9.17) is 4.74 Å². The number of fused-ring (bicyclic) bond motifs is 1. The first-order chi connectivity index (χ1) is 12.0. The van der Waals surface area contributed by atoms with Crippen molar-refractivity contribution in [1.29, 1.82) is 0 Å². The van der Waals surface area contributed by atoms with Crippen LogP contribution in [0.4, 0.5) is 10.8 Å². The summed E-state index contributed by atoms with van der Waals surface area (Å²) in [4.78, 5) is 22.1. The van der Waals surface area contributed by atoms with E-state index in [1.54, 1.807) is 18.4 Å². The number of carbonyl (C=O) groups excluding carboxylic acids is 1. The summed E-state index contributed by atoms with van der Waals surface area (Å²) in [6.45, 7) is 4.52. The number of rotatable bonds is 4. The lowest BCUT2D eigenvalue weighted by Gasteiger charge is -2.11. The number of aryl methyl sites for hydroxylation is 2. The van der Waals surface area contributed by atoms with Gasteiger partial charge in [0.05, 0.1) is 34.1 Å². The van der Waals surface area contributed by atoms with Gasteiger partial charge in [0.1, 0.15) is 5.75 Å². The average molecular weight is 372 g/mol. The second-order valence-corrected chi connectivity index (χ2v) is 7.76. The molecule has 1 aliphatic rings. The van der Waals surface area contributed by atoms with Crippen LogP contribution in [-0.2, 0) is 6.54 Å². The highest BCUT2D eigenvalue weighted by Crippen LogP contribution is 2.36. The molecule has 0 aliphatic carbocycles. The van der Waals surface area contributed by atoms with Gasteiger partial charge >= 0.3 is 0 Å². The second kappa shape index (κ2) is 6.12. The molecule has 128 valence electrons. The van der Waals surface area contributed by atoms with Gasteiger partial charge in [0, 0.05) is 17.5 Å². The molecular formula is C17H16N4O2S2. The number of nitrogens with one attached hydrogen (secondary N) is 2. The molecule has 6 nitrogen and oxygen atoms in total. The number of methoxy groups -OCH3 is 1. The monoisotopic (exact) mass is 372 g/mol. The van der Waals surface area contributed by atoms with Crippen LogP contribution in [0.1, 0.15) is 26.6 Å². The highest BCUT2D eigenvalue weighted by molar-refractivity contribution is 7.16. The maximum Gasteiger partial charge on any atom is 0.251 e. The summed E-state index contributed by atoms with van der Waals surface area (Å²) in [5.74, 6) is 0.633. The lowest BCUT2D eigenvalue weighted by molar-refractivity contribution is 0.0966. The molecule has 2 aromatic heterocycles. The lowest BCUT2D eigenvalue weighted by atomic mass is 10.1. The number of anilines is 2. The zero-order valence-corrected chi connectivity index (χ0v) is 15.6. The molecule has 1 amide bonds. The first-order valence-electron chi connectivity index (χ1n) is 7.71. The van der Waals surface area contributed by atoms with E-state index >= 15 is 0 Å². The standard InChI is InChI=1S/C17H16N4O2S2/c1-8-15(25-9(2)19-8)13-7-24-17(21-13)20-12-5-11-10(4-14(12)23-3)6-18-16(11)22/h4-5,7H,6H2,1-3H3,(H,18,22)(H,20,21). The smallest absolute Gasteiger partial charge is 0.251 e. The molecule has 0 spiro atoms. The van der Waals surface area contributed by atoms with Crippen molar-refractivity contribution in [3.63, 3.8) is 0 Å². The van der Waals surface area contributed by atoms with E-state index in [1.807, 2.05) is 31.4 Å². The third-order valence-electron chi connectivity index (χ3n) is 3.99. The first-order valence-corrected chi connectivity index (χ1v) is 9.41. The van der Waals surface area contributed by atoms with Crippen molar-refractivity contribution in [2.24, 2.45) is 0 Å². The Morgan fingerprint density at radius 2 is 2.12 bits per heavy atom. The fraction of sp³-hybridized carbons (Fsp3) is 0.235. The van der Waals surface area contributed by atoms with E-state index < -0.39 is 0 Å². The van der Waals surface area contributed by atoms with Gasteiger partial charge in [-0.15, -0.1) is 22.7 Å². The van der Waals surface area contributed by atoms with Crippen LogP contribution in [-0.4, -0.2) is 23.0 Å². The number of nitrogens with zero attached hydrogens (tertiary/aromatic N) is 2. The Morgan fingerprint density at radius 1 is 1.28 bits per heavy atom. The van der Waals surface area contributed by atoms with Gasteiger partial charge in [-0.2, -0.15) is 0 Å². The molecule has 1 aromatic carbocycles. The molecule has 0 atom stereocenters. The molecule has 0 saturated heterocycles. The van der Waals surface area contributed by atoms with Crippen LogP contribution in [0, 0.1) is 13.8 Å². The zero-order chi connectivity index (χ0) is 17.6. The number of benzene rings is 1. The molecule has 3 aromatic rings. The van der Waals surface area contributed by atoms with Gasteiger partial charge in [0.15, 0.2) is 5.13 Å². The normalized spacial score (nSPS) is 12.8. The van der Waals surface area contributed by atoms with Gasteiger partial charge in [-0.05, 0) is 31.5 Å². The minimum Gasteiger partial charge on any atom is -0.495 e. The van der Waals surface area contributed by atoms with Crippen molar-refractivity contribution >= 4 is 39.4 Å². The van der Waals surface area contributed by atoms with E-state index in [-0.39, 0.29) is 5.91 Å². The number of hydrogen-bond donors (Lipinski definition) is 2. The summed E-state index contributed by atoms with van der Waals surface area (Å²) in [6.07, 6.45) is 0. The van der Waals surface area contributed by atoms with E-state index in [0.29, 0.717) is 17.9 Å². The number of ether oxygens (including phenoxy) is 1. The van der Waals surface area contributed by atoms with Gasteiger partial charge in [0.25, 0.3) is 5.91 Å². The SMILES string of the molecule is COc1cc2c(cc1Nc1nc(-c3sc(C)nc3C)cs1)C(=O)NC2. The highest BCUT2D eigenvalue weighted by atomic mass is 32.1. The van der Waals surface area contributed by atoms with E-state index in [0.717, 1.165) is 37.7 Å². The predicted octanol–water partition coefficient (Wildman–Crippen LogP) is 3.88. The predicted molar refractivity (Wildman–Crippen MR) is 100 cm³/mol. The number of thiazole rings is 2. The highest BCUT2D eigenvalue weighted by Gasteiger charge is 2.22. The minimum atomic E-state index is -0.0590. The van der Waals surface area contributed by atoms with Crippen molar-refractivity contribution < 1.29 is 9.53 Å². The summed E-state index contributed by atoms with van der Waals surface area (Å²) in [6, 6.07) is 3.71. The lowest BCUT2D eigenvalue weighted by Crippen LogP contribution is -2.12. The maximum absolute atomic E-state index is 11.9. The molecule has 0 radical (unpaired) electrons. The van der Waals surface area contributed by atoms with Crippen LogP contribution in [0.15, 0.2) is 17.5 Å². The first kappa shape index (κ1) is 16.0. The fourth-order valence-corrected chi connectivity index (χ4v) is 4.51. The van der Waals surface area contributed by atoms with Crippen LogP contribution in [0.25, 0.3) is 10.6 Å². The molecule has 3 heterocycles. The van der Waals surface area contributed by atoms with Crippen LogP contribution < -0.4 is 15.4 Å². The van der Waals surface area contributed by atoms with Gasteiger partial charge in [-0.25, -0.2) is 9.97 Å². The van der Waals surface area contributed by atoms with E-state index in [2.05, 4.69) is 20.6 Å². The van der Waals surface area contributed by atoms with Crippen molar-refractivity contribution in [3.05, 3.63) is 39.3 Å². The van der Waals surface area contributed by atoms with Crippen LogP contribution in [0.5, 0.6) is 5.75 Å². The van der Waals surface area contributed by atoms with Crippen LogP contribution in [0.3, 0.4) is 0 Å². The van der Waals surface area contributed by atoms with Crippen molar-refractivity contribution in [2.75, 3.05) is 12.4 Å². The van der Waals surface area contributed by atoms with Crippen LogP contribution >= 0.6 is 22.7 Å². The Labute approximate surface area is 152 Å². The Morgan fingerprint density at radius 3 is 2.84 bits per heavy atom. The zero-order valence-electron chi connectivity index (χ0n) is 14.0. The largest absolute Gasteiger partial charge is 0.495 e. The van der Waals surface area contributed by atoms with Gasteiger partial charge in [-0.3, -0.25) is 4.79 Å². The molecule has 2 N–H and O–H groups in total. The Balaban J connectivity index is 1.66. The molecule has 8 heteroatoms. The van der Waals surface area contributed by atoms with Crippen molar-refractivity contribution in [2.45, 2.75) is 20.4 Å². The van der Waals surface area contributed by atoms with Crippen molar-refractivity contribution in [1.82, 2.24) is 15.3 Å². The summed E-state index contributed by atoms with van der Waals surface area (Å²) < 4.78 is 5.46. The van der Waals surface area contributed by atoms with Gasteiger partial charge in [0.2, 0.25) is 0 Å². The van der Waals surface area contributed by atoms with E-state index in [9.17, 15) is 4.79 Å². The minimum absolute atomic E-state index is 0.0590. The summed E-state index contributed by atoms with van der Waals surface area (Å²) in [5.41, 5.74) is 4.26. The van der Waals surface area contributed by atoms with E-state index in [1.165, 1.54) is 11.3 Å². The number of hydrogen-bond acceptors (Lipinski definition) is 7. The number of amides is 1. The summed E-state index contributed by atoms with van der Waals surface area (Å²) in [7, 11) is 1.62. The summed E-state index contributed by atoms with van der Waals surface area (Å²) >= 11 is 3.15. The maximum atomic E-state index is 11.9. The molecule has 25 heavy (non-hydrogen) atoms. The molecule has 0 fully saturated rings. The fourth-order valence-electron chi connectivity index (χ4n) is 2.84. The van der Waals surface area contributed by atoms with Gasteiger partial charge in [-0.1, -0.05) is 0 Å². The van der Waals surface area contributed by atoms with Gasteiger partial charge < -0.3 is 15.4 Å². The number of aromatic nitrogens is 2. The molecule has 0 bridgehead atoms. The molecular weight excluding hydrogens is 356 g/mol. The molecule has 0 saturated carbocycles. The molecule has 0 unspecified atom stereocenters. The Kier molecular flexibility index (Phi) is 3.93.